The third-order valence-corrected chi connectivity index (χ3v) is 3.18. The number of benzene rings is 2. The van der Waals surface area contributed by atoms with Crippen LogP contribution in [-0.2, 0) is 0 Å². The van der Waals surface area contributed by atoms with Gasteiger partial charge in [0, 0.05) is 6.07 Å². The molecule has 0 spiro atoms. The van der Waals surface area contributed by atoms with Crippen molar-refractivity contribution in [2.45, 2.75) is 13.8 Å². The molecule has 0 saturated heterocycles. The summed E-state index contributed by atoms with van der Waals surface area (Å²) in [5, 5.41) is 3.79. The van der Waals surface area contributed by atoms with Crippen LogP contribution in [0.3, 0.4) is 0 Å². The molecule has 0 aromatic heterocycles. The standard InChI is InChI=1S/C16H19ClN2O2/c1-3-20-11-8-9-15(21-4-2)14(10-11)19-16-12(17)6-5-7-13(16)18/h5-10,19H,3-4,18H2,1-2H3. The van der Waals surface area contributed by atoms with Gasteiger partial charge in [0.2, 0.25) is 0 Å². The zero-order valence-corrected chi connectivity index (χ0v) is 12.9. The van der Waals surface area contributed by atoms with E-state index in [-0.39, 0.29) is 0 Å². The van der Waals surface area contributed by atoms with E-state index in [1.54, 1.807) is 12.1 Å². The van der Waals surface area contributed by atoms with Crippen molar-refractivity contribution in [2.75, 3.05) is 24.3 Å². The van der Waals surface area contributed by atoms with Gasteiger partial charge in [-0.3, -0.25) is 0 Å². The third-order valence-electron chi connectivity index (χ3n) is 2.87. The molecule has 5 heteroatoms. The van der Waals surface area contributed by atoms with Crippen LogP contribution in [0.2, 0.25) is 5.02 Å². The minimum Gasteiger partial charge on any atom is -0.494 e. The number of anilines is 3. The fourth-order valence-corrected chi connectivity index (χ4v) is 2.18. The molecule has 0 aliphatic carbocycles. The maximum atomic E-state index is 6.20. The maximum Gasteiger partial charge on any atom is 0.142 e. The number of hydrogen-bond acceptors (Lipinski definition) is 4. The summed E-state index contributed by atoms with van der Waals surface area (Å²) in [4.78, 5) is 0. The molecule has 0 aliphatic rings. The Labute approximate surface area is 129 Å². The molecule has 2 aromatic rings. The second-order valence-electron chi connectivity index (χ2n) is 4.35. The molecule has 2 aromatic carbocycles. The highest BCUT2D eigenvalue weighted by molar-refractivity contribution is 6.34. The van der Waals surface area contributed by atoms with Crippen molar-refractivity contribution in [1.29, 1.82) is 0 Å². The molecule has 21 heavy (non-hydrogen) atoms. The van der Waals surface area contributed by atoms with Gasteiger partial charge in [0.25, 0.3) is 0 Å². The van der Waals surface area contributed by atoms with Gasteiger partial charge in [-0.05, 0) is 38.1 Å². The van der Waals surface area contributed by atoms with E-state index in [4.69, 9.17) is 26.8 Å². The lowest BCUT2D eigenvalue weighted by Gasteiger charge is -2.16. The van der Waals surface area contributed by atoms with Crippen LogP contribution in [0.1, 0.15) is 13.8 Å². The maximum absolute atomic E-state index is 6.20. The van der Waals surface area contributed by atoms with Crippen molar-refractivity contribution < 1.29 is 9.47 Å². The number of ether oxygens (including phenoxy) is 2. The van der Waals surface area contributed by atoms with Crippen molar-refractivity contribution in [3.8, 4) is 11.5 Å². The Morgan fingerprint density at radius 3 is 2.52 bits per heavy atom. The number of nitrogens with two attached hydrogens (primary N) is 1. The van der Waals surface area contributed by atoms with E-state index in [1.807, 2.05) is 38.1 Å². The fourth-order valence-electron chi connectivity index (χ4n) is 1.95. The summed E-state index contributed by atoms with van der Waals surface area (Å²) in [6, 6.07) is 11.0. The van der Waals surface area contributed by atoms with Crippen LogP contribution < -0.4 is 20.5 Å². The van der Waals surface area contributed by atoms with Crippen LogP contribution in [0, 0.1) is 0 Å². The number of para-hydroxylation sites is 1. The van der Waals surface area contributed by atoms with Crippen molar-refractivity contribution >= 4 is 28.7 Å². The van der Waals surface area contributed by atoms with Gasteiger partial charge in [0.15, 0.2) is 0 Å². The molecule has 0 saturated carbocycles. The van der Waals surface area contributed by atoms with E-state index in [0.29, 0.717) is 29.6 Å². The van der Waals surface area contributed by atoms with E-state index < -0.39 is 0 Å². The van der Waals surface area contributed by atoms with Crippen LogP contribution in [0.15, 0.2) is 36.4 Å². The Morgan fingerprint density at radius 2 is 1.86 bits per heavy atom. The molecule has 0 radical (unpaired) electrons. The van der Waals surface area contributed by atoms with Crippen molar-refractivity contribution in [3.05, 3.63) is 41.4 Å². The molecular weight excluding hydrogens is 288 g/mol. The van der Waals surface area contributed by atoms with Crippen LogP contribution >= 0.6 is 11.6 Å². The van der Waals surface area contributed by atoms with Crippen LogP contribution in [0.4, 0.5) is 17.1 Å². The molecule has 0 atom stereocenters. The third kappa shape index (κ3) is 3.73. The van der Waals surface area contributed by atoms with E-state index >= 15 is 0 Å². The smallest absolute Gasteiger partial charge is 0.142 e. The molecule has 112 valence electrons. The molecule has 3 N–H and O–H groups in total. The van der Waals surface area contributed by atoms with E-state index in [9.17, 15) is 0 Å². The summed E-state index contributed by atoms with van der Waals surface area (Å²) < 4.78 is 11.1. The van der Waals surface area contributed by atoms with E-state index in [2.05, 4.69) is 5.32 Å². The molecule has 2 rings (SSSR count). The summed E-state index contributed by atoms with van der Waals surface area (Å²) in [5.41, 5.74) is 7.97. The van der Waals surface area contributed by atoms with E-state index in [0.717, 1.165) is 17.2 Å². The number of nitrogens with one attached hydrogen (secondary N) is 1. The topological polar surface area (TPSA) is 56.5 Å². The summed E-state index contributed by atoms with van der Waals surface area (Å²) in [6.07, 6.45) is 0. The second-order valence-corrected chi connectivity index (χ2v) is 4.76. The lowest BCUT2D eigenvalue weighted by Crippen LogP contribution is -2.02. The van der Waals surface area contributed by atoms with Crippen molar-refractivity contribution in [2.24, 2.45) is 0 Å². The minimum atomic E-state index is 0.555. The summed E-state index contributed by atoms with van der Waals surface area (Å²) >= 11 is 6.20. The minimum absolute atomic E-state index is 0.555. The van der Waals surface area contributed by atoms with Gasteiger partial charge in [-0.2, -0.15) is 0 Å². The zero-order valence-electron chi connectivity index (χ0n) is 12.2. The Hall–Kier alpha value is -2.07. The first kappa shape index (κ1) is 15.3. The molecule has 0 heterocycles. The molecule has 0 bridgehead atoms. The Morgan fingerprint density at radius 1 is 1.10 bits per heavy atom. The number of rotatable bonds is 6. The van der Waals surface area contributed by atoms with Gasteiger partial charge in [0.1, 0.15) is 11.5 Å². The highest BCUT2D eigenvalue weighted by Crippen LogP contribution is 2.36. The highest BCUT2D eigenvalue weighted by Gasteiger charge is 2.10. The number of halogens is 1. The summed E-state index contributed by atoms with van der Waals surface area (Å²) in [7, 11) is 0. The lowest BCUT2D eigenvalue weighted by atomic mass is 10.2. The number of nitrogen functional groups attached to an aromatic ring is 1. The Bertz CT molecular complexity index is 597. The largest absolute Gasteiger partial charge is 0.494 e. The van der Waals surface area contributed by atoms with Crippen LogP contribution in [0.25, 0.3) is 0 Å². The van der Waals surface area contributed by atoms with E-state index in [1.165, 1.54) is 0 Å². The Kier molecular flexibility index (Phi) is 5.17. The van der Waals surface area contributed by atoms with Crippen molar-refractivity contribution in [3.63, 3.8) is 0 Å². The molecule has 0 unspecified atom stereocenters. The molecule has 0 amide bonds. The first-order valence-electron chi connectivity index (χ1n) is 6.86. The summed E-state index contributed by atoms with van der Waals surface area (Å²) in [5.74, 6) is 1.48. The molecule has 0 aliphatic heterocycles. The van der Waals surface area contributed by atoms with Gasteiger partial charge in [-0.1, -0.05) is 17.7 Å². The highest BCUT2D eigenvalue weighted by atomic mass is 35.5. The van der Waals surface area contributed by atoms with Crippen molar-refractivity contribution in [1.82, 2.24) is 0 Å². The first-order valence-corrected chi connectivity index (χ1v) is 7.24. The second kappa shape index (κ2) is 7.09. The lowest BCUT2D eigenvalue weighted by molar-refractivity contribution is 0.332. The zero-order chi connectivity index (χ0) is 15.2. The summed E-state index contributed by atoms with van der Waals surface area (Å²) in [6.45, 7) is 5.04. The van der Waals surface area contributed by atoms with Gasteiger partial charge in [-0.15, -0.1) is 0 Å². The normalized spacial score (nSPS) is 10.2. The first-order chi connectivity index (χ1) is 10.2. The Balaban J connectivity index is 2.38. The predicted octanol–water partition coefficient (Wildman–Crippen LogP) is 4.46. The average Bonchev–Trinajstić information content (AvgIpc) is 2.46. The molecule has 4 nitrogen and oxygen atoms in total. The predicted molar refractivity (Wildman–Crippen MR) is 87.9 cm³/mol. The van der Waals surface area contributed by atoms with Crippen LogP contribution in [-0.4, -0.2) is 13.2 Å². The molecular formula is C16H19ClN2O2. The number of hydrogen-bond donors (Lipinski definition) is 2. The van der Waals surface area contributed by atoms with Gasteiger partial charge in [-0.25, -0.2) is 0 Å². The van der Waals surface area contributed by atoms with Gasteiger partial charge in [0.05, 0.1) is 35.3 Å². The van der Waals surface area contributed by atoms with Crippen LogP contribution in [0.5, 0.6) is 11.5 Å². The fraction of sp³-hybridized carbons (Fsp3) is 0.250. The van der Waals surface area contributed by atoms with Gasteiger partial charge < -0.3 is 20.5 Å². The van der Waals surface area contributed by atoms with Gasteiger partial charge >= 0.3 is 0 Å². The average molecular weight is 307 g/mol. The molecule has 0 fully saturated rings. The monoisotopic (exact) mass is 306 g/mol. The SMILES string of the molecule is CCOc1ccc(OCC)c(Nc2c(N)cccc2Cl)c1. The quantitative estimate of drug-likeness (QED) is 0.773.